The van der Waals surface area contributed by atoms with E-state index in [0.29, 0.717) is 54.0 Å². The van der Waals surface area contributed by atoms with Crippen LogP contribution in [0, 0.1) is 5.41 Å². The first-order chi connectivity index (χ1) is 23.6. The van der Waals surface area contributed by atoms with E-state index < -0.39 is 12.2 Å². The van der Waals surface area contributed by atoms with Gasteiger partial charge in [-0.3, -0.25) is 9.59 Å². The second-order valence-corrected chi connectivity index (χ2v) is 14.7. The van der Waals surface area contributed by atoms with Gasteiger partial charge in [-0.05, 0) is 86.9 Å². The Morgan fingerprint density at radius 1 is 0.959 bits per heavy atom. The number of aryl methyl sites for hydroxylation is 1. The largest absolute Gasteiger partial charge is 0.492 e. The maximum Gasteiger partial charge on any atom is 0.256 e. The Morgan fingerprint density at radius 2 is 1.71 bits per heavy atom. The molecule has 0 saturated carbocycles. The van der Waals surface area contributed by atoms with Gasteiger partial charge in [0.15, 0.2) is 11.5 Å². The van der Waals surface area contributed by atoms with Gasteiger partial charge in [0.1, 0.15) is 12.2 Å². The summed E-state index contributed by atoms with van der Waals surface area (Å²) in [5.41, 5.74) is 3.31. The lowest BCUT2D eigenvalue weighted by atomic mass is 9.94. The zero-order valence-corrected chi connectivity index (χ0v) is 30.3. The molecule has 3 aromatic rings. The molecule has 0 spiro atoms. The van der Waals surface area contributed by atoms with Crippen LogP contribution in [0.15, 0.2) is 66.7 Å². The molecule has 1 saturated heterocycles. The van der Waals surface area contributed by atoms with E-state index >= 15 is 0 Å². The van der Waals surface area contributed by atoms with Crippen LogP contribution in [-0.2, 0) is 20.7 Å². The van der Waals surface area contributed by atoms with Crippen LogP contribution in [0.3, 0.4) is 0 Å². The molecule has 5 rings (SSSR count). The molecule has 3 aromatic carbocycles. The number of benzene rings is 3. The summed E-state index contributed by atoms with van der Waals surface area (Å²) in [6, 6.07) is 21.8. The van der Waals surface area contributed by atoms with Crippen LogP contribution in [-0.4, -0.2) is 69.3 Å². The predicted octanol–water partition coefficient (Wildman–Crippen LogP) is 7.61. The summed E-state index contributed by atoms with van der Waals surface area (Å²) in [6.07, 6.45) is 4.27. The van der Waals surface area contributed by atoms with Gasteiger partial charge in [0.2, 0.25) is 5.91 Å². The summed E-state index contributed by atoms with van der Waals surface area (Å²) in [5.74, 6) is 0.842. The molecule has 2 aliphatic rings. The fraction of sp³-hybridized carbons (Fsp3) is 0.500. The minimum atomic E-state index is -0.991. The summed E-state index contributed by atoms with van der Waals surface area (Å²) >= 11 is 6.61. The van der Waals surface area contributed by atoms with Gasteiger partial charge in [0.25, 0.3) is 5.91 Å². The van der Waals surface area contributed by atoms with Gasteiger partial charge < -0.3 is 29.3 Å². The number of nitrogens with zero attached hydrogens (tertiary/aromatic N) is 2. The van der Waals surface area contributed by atoms with Gasteiger partial charge in [0.05, 0.1) is 20.1 Å². The number of piperidine rings is 1. The Labute approximate surface area is 297 Å². The number of carbonyl (C=O) groups excluding carboxylic acids is 2. The molecule has 1 N–H and O–H groups in total. The number of ether oxygens (including phenoxy) is 3. The number of carbonyl (C=O) groups is 2. The zero-order chi connectivity index (χ0) is 34.8. The number of hydrogen-bond acceptors (Lipinski definition) is 6. The minimum absolute atomic E-state index is 0.0332. The molecule has 8 nitrogen and oxygen atoms in total. The number of fused-ring (bicyclic) bond motifs is 1. The van der Waals surface area contributed by atoms with Crippen molar-refractivity contribution >= 4 is 29.1 Å². The fourth-order valence-electron chi connectivity index (χ4n) is 6.65. The van der Waals surface area contributed by atoms with Gasteiger partial charge in [0, 0.05) is 41.5 Å². The Kier molecular flexibility index (Phi) is 13.0. The normalized spacial score (nSPS) is 18.2. The van der Waals surface area contributed by atoms with Crippen molar-refractivity contribution in [2.75, 3.05) is 51.3 Å². The minimum Gasteiger partial charge on any atom is -0.492 e. The molecule has 2 amide bonds. The molecule has 0 radical (unpaired) electrons. The van der Waals surface area contributed by atoms with E-state index in [9.17, 15) is 9.59 Å². The molecule has 0 aliphatic carbocycles. The predicted molar refractivity (Wildman–Crippen MR) is 196 cm³/mol. The van der Waals surface area contributed by atoms with Gasteiger partial charge in [-0.15, -0.1) is 0 Å². The topological polar surface area (TPSA) is 80.3 Å². The standard InChI is InChI=1S/C40H52ClN3O5/c1-40(2,3)28-44-33-20-19-30(41)26-32(33)37(49-35(39(44)46)27-36(45)43-23-9-6-10-24-43)31-17-11-18-34(38(31)47-4)48-25-13-22-42-21-12-16-29-14-7-5-8-15-29/h5,7-8,11,14-15,17-20,26,35,37,42H,6,9-10,12-13,16,21-25,27-28H2,1-4H3. The third-order valence-corrected chi connectivity index (χ3v) is 9.25. The van der Waals surface area contributed by atoms with Crippen molar-refractivity contribution in [2.45, 2.75) is 77.9 Å². The van der Waals surface area contributed by atoms with Crippen LogP contribution in [0.25, 0.3) is 0 Å². The van der Waals surface area contributed by atoms with Crippen molar-refractivity contribution in [1.82, 2.24) is 10.2 Å². The molecule has 2 unspecified atom stereocenters. The second-order valence-electron chi connectivity index (χ2n) is 14.3. The monoisotopic (exact) mass is 689 g/mol. The quantitative estimate of drug-likeness (QED) is 0.176. The van der Waals surface area contributed by atoms with E-state index in [1.165, 1.54) is 5.56 Å². The lowest BCUT2D eigenvalue weighted by Gasteiger charge is -2.32. The van der Waals surface area contributed by atoms with Crippen molar-refractivity contribution < 1.29 is 23.8 Å². The number of methoxy groups -OCH3 is 1. The summed E-state index contributed by atoms with van der Waals surface area (Å²) < 4.78 is 19.0. The Bertz CT molecular complexity index is 1540. The van der Waals surface area contributed by atoms with E-state index in [-0.39, 0.29) is 23.7 Å². The molecule has 1 fully saturated rings. The van der Waals surface area contributed by atoms with Crippen LogP contribution in [0.4, 0.5) is 5.69 Å². The molecule has 2 atom stereocenters. The number of anilines is 1. The molecule has 49 heavy (non-hydrogen) atoms. The highest BCUT2D eigenvalue weighted by atomic mass is 35.5. The smallest absolute Gasteiger partial charge is 0.256 e. The molecule has 0 bridgehead atoms. The highest BCUT2D eigenvalue weighted by Gasteiger charge is 2.40. The van der Waals surface area contributed by atoms with Gasteiger partial charge in [-0.1, -0.05) is 74.8 Å². The van der Waals surface area contributed by atoms with Crippen molar-refractivity contribution in [3.8, 4) is 11.5 Å². The first-order valence-corrected chi connectivity index (χ1v) is 18.1. The van der Waals surface area contributed by atoms with Crippen LogP contribution in [0.5, 0.6) is 11.5 Å². The van der Waals surface area contributed by atoms with Crippen molar-refractivity contribution in [3.63, 3.8) is 0 Å². The number of likely N-dealkylation sites (tertiary alicyclic amines) is 1. The molecular formula is C40H52ClN3O5. The summed E-state index contributed by atoms with van der Waals surface area (Å²) in [5, 5.41) is 4.04. The first kappa shape index (κ1) is 36.7. The van der Waals surface area contributed by atoms with Gasteiger partial charge in [-0.25, -0.2) is 0 Å². The maximum absolute atomic E-state index is 14.4. The van der Waals surface area contributed by atoms with Crippen LogP contribution < -0.4 is 19.7 Å². The highest BCUT2D eigenvalue weighted by molar-refractivity contribution is 6.30. The van der Waals surface area contributed by atoms with Gasteiger partial charge in [-0.2, -0.15) is 0 Å². The van der Waals surface area contributed by atoms with Crippen LogP contribution in [0.2, 0.25) is 5.02 Å². The Balaban J connectivity index is 1.35. The van der Waals surface area contributed by atoms with E-state index in [0.717, 1.165) is 57.2 Å². The first-order valence-electron chi connectivity index (χ1n) is 17.7. The fourth-order valence-corrected chi connectivity index (χ4v) is 6.83. The second kappa shape index (κ2) is 17.4. The summed E-state index contributed by atoms with van der Waals surface area (Å²) in [7, 11) is 1.62. The number of para-hydroxylation sites is 1. The molecule has 2 heterocycles. The van der Waals surface area contributed by atoms with Crippen LogP contribution in [0.1, 0.15) is 82.1 Å². The zero-order valence-electron chi connectivity index (χ0n) is 29.5. The number of halogens is 1. The SMILES string of the molecule is COc1c(OCCCNCCCc2ccccc2)cccc1C1OC(CC(=O)N2CCCCC2)C(=O)N(CC(C)(C)C)c2ccc(Cl)cc21. The molecule has 9 heteroatoms. The number of hydrogen-bond donors (Lipinski definition) is 1. The molecular weight excluding hydrogens is 638 g/mol. The van der Waals surface area contributed by atoms with Crippen molar-refractivity contribution in [3.05, 3.63) is 88.4 Å². The van der Waals surface area contributed by atoms with Crippen molar-refractivity contribution in [2.24, 2.45) is 5.41 Å². The number of amides is 2. The van der Waals surface area contributed by atoms with Crippen molar-refractivity contribution in [1.29, 1.82) is 0 Å². The third kappa shape index (κ3) is 9.99. The highest BCUT2D eigenvalue weighted by Crippen LogP contribution is 2.45. The number of rotatable bonds is 14. The summed E-state index contributed by atoms with van der Waals surface area (Å²) in [6.45, 7) is 10.4. The lowest BCUT2D eigenvalue weighted by molar-refractivity contribution is -0.143. The maximum atomic E-state index is 14.4. The van der Waals surface area contributed by atoms with Crippen LogP contribution >= 0.6 is 11.6 Å². The van der Waals surface area contributed by atoms with E-state index in [1.807, 2.05) is 41.3 Å². The Morgan fingerprint density at radius 3 is 2.45 bits per heavy atom. The van der Waals surface area contributed by atoms with Gasteiger partial charge >= 0.3 is 0 Å². The summed E-state index contributed by atoms with van der Waals surface area (Å²) in [4.78, 5) is 31.6. The lowest BCUT2D eigenvalue weighted by Crippen LogP contribution is -2.46. The van der Waals surface area contributed by atoms with E-state index in [4.69, 9.17) is 25.8 Å². The number of nitrogens with one attached hydrogen (secondary N) is 1. The van der Waals surface area contributed by atoms with E-state index in [1.54, 1.807) is 18.1 Å². The average molecular weight is 690 g/mol. The van der Waals surface area contributed by atoms with E-state index in [2.05, 4.69) is 50.4 Å². The molecule has 264 valence electrons. The molecule has 0 aromatic heterocycles. The molecule has 2 aliphatic heterocycles. The average Bonchev–Trinajstić information content (AvgIpc) is 3.19. The Hall–Kier alpha value is -3.59. The third-order valence-electron chi connectivity index (χ3n) is 9.02.